The van der Waals surface area contributed by atoms with Gasteiger partial charge in [-0.2, -0.15) is 0 Å². The van der Waals surface area contributed by atoms with Gasteiger partial charge in [-0.1, -0.05) is 34.6 Å². The summed E-state index contributed by atoms with van der Waals surface area (Å²) in [5.74, 6) is 0.760. The average Bonchev–Trinajstić information content (AvgIpc) is 2.29. The predicted molar refractivity (Wildman–Crippen MR) is 78.3 cm³/mol. The van der Waals surface area contributed by atoms with Gasteiger partial charge in [0, 0.05) is 18.6 Å². The van der Waals surface area contributed by atoms with E-state index in [0.29, 0.717) is 6.04 Å². The van der Waals surface area contributed by atoms with Crippen molar-refractivity contribution in [3.8, 4) is 0 Å². The summed E-state index contributed by atoms with van der Waals surface area (Å²) in [6, 6.07) is 1.16. The van der Waals surface area contributed by atoms with Crippen LogP contribution >= 0.6 is 0 Å². The average molecular weight is 242 g/mol. The minimum Gasteiger partial charge on any atom is -0.328 e. The molecule has 2 nitrogen and oxygen atoms in total. The van der Waals surface area contributed by atoms with E-state index in [4.69, 9.17) is 5.73 Å². The van der Waals surface area contributed by atoms with Gasteiger partial charge in [0.15, 0.2) is 0 Å². The van der Waals surface area contributed by atoms with Crippen LogP contribution in [0, 0.1) is 5.92 Å². The second-order valence-corrected chi connectivity index (χ2v) is 5.67. The van der Waals surface area contributed by atoms with Crippen LogP contribution in [0.3, 0.4) is 0 Å². The summed E-state index contributed by atoms with van der Waals surface area (Å²) in [5, 5.41) is 0. The molecule has 0 amide bonds. The van der Waals surface area contributed by atoms with Gasteiger partial charge in [0.2, 0.25) is 0 Å². The molecule has 0 bridgehead atoms. The predicted octanol–water partition coefficient (Wildman–Crippen LogP) is 3.65. The highest BCUT2D eigenvalue weighted by Crippen LogP contribution is 2.13. The molecule has 0 fully saturated rings. The van der Waals surface area contributed by atoms with E-state index in [1.54, 1.807) is 0 Å². The fraction of sp³-hybridized carbons (Fsp3) is 1.00. The molecular weight excluding hydrogens is 208 g/mol. The SMILES string of the molecule is CCC(N)CCCN(CC(C)C)C(CC)CC. The lowest BCUT2D eigenvalue weighted by Crippen LogP contribution is -2.38. The van der Waals surface area contributed by atoms with Crippen molar-refractivity contribution in [2.75, 3.05) is 13.1 Å². The van der Waals surface area contributed by atoms with Crippen molar-refractivity contribution in [3.63, 3.8) is 0 Å². The Bertz CT molecular complexity index is 164. The number of nitrogens with two attached hydrogens (primary N) is 1. The van der Waals surface area contributed by atoms with E-state index in [2.05, 4.69) is 39.5 Å². The fourth-order valence-corrected chi connectivity index (χ4v) is 2.46. The van der Waals surface area contributed by atoms with Crippen molar-refractivity contribution in [1.29, 1.82) is 0 Å². The fourth-order valence-electron chi connectivity index (χ4n) is 2.46. The Kier molecular flexibility index (Phi) is 9.85. The Morgan fingerprint density at radius 2 is 1.59 bits per heavy atom. The molecule has 0 saturated carbocycles. The molecule has 0 rings (SSSR count). The highest BCUT2D eigenvalue weighted by Gasteiger charge is 2.15. The van der Waals surface area contributed by atoms with Crippen LogP contribution in [0.25, 0.3) is 0 Å². The summed E-state index contributed by atoms with van der Waals surface area (Å²) < 4.78 is 0. The monoisotopic (exact) mass is 242 g/mol. The Morgan fingerprint density at radius 3 is 2.00 bits per heavy atom. The highest BCUT2D eigenvalue weighted by molar-refractivity contribution is 4.71. The lowest BCUT2D eigenvalue weighted by molar-refractivity contribution is 0.161. The molecule has 0 aromatic carbocycles. The third-order valence-corrected chi connectivity index (χ3v) is 3.60. The first-order valence-corrected chi connectivity index (χ1v) is 7.54. The summed E-state index contributed by atoms with van der Waals surface area (Å²) in [5.41, 5.74) is 5.98. The molecule has 1 atom stereocenters. The van der Waals surface area contributed by atoms with Crippen molar-refractivity contribution in [3.05, 3.63) is 0 Å². The molecule has 1 unspecified atom stereocenters. The number of hydrogen-bond donors (Lipinski definition) is 1. The minimum atomic E-state index is 0.401. The van der Waals surface area contributed by atoms with E-state index in [1.165, 1.54) is 38.8 Å². The maximum atomic E-state index is 5.98. The van der Waals surface area contributed by atoms with E-state index < -0.39 is 0 Å². The molecule has 0 aromatic rings. The van der Waals surface area contributed by atoms with Crippen molar-refractivity contribution >= 4 is 0 Å². The standard InChI is InChI=1S/C15H34N2/c1-6-14(16)10-9-11-17(12-13(4)5)15(7-2)8-3/h13-15H,6-12,16H2,1-5H3. The molecule has 0 aliphatic carbocycles. The van der Waals surface area contributed by atoms with Crippen LogP contribution in [0.2, 0.25) is 0 Å². The van der Waals surface area contributed by atoms with Gasteiger partial charge in [-0.25, -0.2) is 0 Å². The summed E-state index contributed by atoms with van der Waals surface area (Å²) in [6.45, 7) is 13.9. The van der Waals surface area contributed by atoms with Crippen LogP contribution in [0.1, 0.15) is 66.7 Å². The van der Waals surface area contributed by atoms with Gasteiger partial charge in [-0.15, -0.1) is 0 Å². The molecular formula is C15H34N2. The molecule has 0 aliphatic heterocycles. The minimum absolute atomic E-state index is 0.401. The molecule has 17 heavy (non-hydrogen) atoms. The van der Waals surface area contributed by atoms with Gasteiger partial charge in [0.25, 0.3) is 0 Å². The summed E-state index contributed by atoms with van der Waals surface area (Å²) in [6.07, 6.45) is 6.06. The number of hydrogen-bond acceptors (Lipinski definition) is 2. The van der Waals surface area contributed by atoms with Crippen molar-refractivity contribution in [2.45, 2.75) is 78.8 Å². The molecule has 104 valence electrons. The van der Waals surface area contributed by atoms with Gasteiger partial charge < -0.3 is 10.6 Å². The number of rotatable bonds is 10. The second kappa shape index (κ2) is 9.90. The van der Waals surface area contributed by atoms with E-state index in [0.717, 1.165) is 18.4 Å². The first-order valence-electron chi connectivity index (χ1n) is 7.54. The van der Waals surface area contributed by atoms with Crippen molar-refractivity contribution in [2.24, 2.45) is 11.7 Å². The molecule has 0 heterocycles. The molecule has 0 radical (unpaired) electrons. The Labute approximate surface area is 109 Å². The quantitative estimate of drug-likeness (QED) is 0.633. The molecule has 0 aliphatic rings. The zero-order chi connectivity index (χ0) is 13.3. The van der Waals surface area contributed by atoms with Crippen LogP contribution in [0.4, 0.5) is 0 Å². The lowest BCUT2D eigenvalue weighted by atomic mass is 10.1. The smallest absolute Gasteiger partial charge is 0.00901 e. The molecule has 0 saturated heterocycles. The summed E-state index contributed by atoms with van der Waals surface area (Å²) >= 11 is 0. The zero-order valence-electron chi connectivity index (χ0n) is 12.7. The molecule has 2 N–H and O–H groups in total. The van der Waals surface area contributed by atoms with Crippen LogP contribution in [0.5, 0.6) is 0 Å². The zero-order valence-corrected chi connectivity index (χ0v) is 12.7. The molecule has 2 heteroatoms. The highest BCUT2D eigenvalue weighted by atomic mass is 15.1. The van der Waals surface area contributed by atoms with Crippen LogP contribution in [-0.4, -0.2) is 30.1 Å². The first kappa shape index (κ1) is 16.9. The molecule has 0 spiro atoms. The first-order chi connectivity index (χ1) is 8.04. The van der Waals surface area contributed by atoms with Crippen molar-refractivity contribution in [1.82, 2.24) is 4.90 Å². The largest absolute Gasteiger partial charge is 0.328 e. The Balaban J connectivity index is 4.09. The summed E-state index contributed by atoms with van der Waals surface area (Å²) in [7, 11) is 0. The van der Waals surface area contributed by atoms with Crippen LogP contribution in [-0.2, 0) is 0 Å². The van der Waals surface area contributed by atoms with Gasteiger partial charge >= 0.3 is 0 Å². The van der Waals surface area contributed by atoms with E-state index >= 15 is 0 Å². The second-order valence-electron chi connectivity index (χ2n) is 5.67. The van der Waals surface area contributed by atoms with Gasteiger partial charge in [0.1, 0.15) is 0 Å². The third kappa shape index (κ3) is 7.77. The van der Waals surface area contributed by atoms with Gasteiger partial charge in [0.05, 0.1) is 0 Å². The molecule has 0 aromatic heterocycles. The van der Waals surface area contributed by atoms with Crippen molar-refractivity contribution < 1.29 is 0 Å². The van der Waals surface area contributed by atoms with Gasteiger partial charge in [-0.3, -0.25) is 0 Å². The Morgan fingerprint density at radius 1 is 1.00 bits per heavy atom. The van der Waals surface area contributed by atoms with Gasteiger partial charge in [-0.05, 0) is 44.6 Å². The van der Waals surface area contributed by atoms with E-state index in [-0.39, 0.29) is 0 Å². The summed E-state index contributed by atoms with van der Waals surface area (Å²) in [4.78, 5) is 2.67. The Hall–Kier alpha value is -0.0800. The van der Waals surface area contributed by atoms with E-state index in [1.807, 2.05) is 0 Å². The van der Waals surface area contributed by atoms with Crippen LogP contribution in [0.15, 0.2) is 0 Å². The maximum Gasteiger partial charge on any atom is 0.00901 e. The van der Waals surface area contributed by atoms with Crippen LogP contribution < -0.4 is 5.73 Å². The van der Waals surface area contributed by atoms with E-state index in [9.17, 15) is 0 Å². The topological polar surface area (TPSA) is 29.3 Å². The maximum absolute atomic E-state index is 5.98. The third-order valence-electron chi connectivity index (χ3n) is 3.60. The normalized spacial score (nSPS) is 13.9. The lowest BCUT2D eigenvalue weighted by Gasteiger charge is -2.32. The number of nitrogens with zero attached hydrogens (tertiary/aromatic N) is 1.